The lowest BCUT2D eigenvalue weighted by Gasteiger charge is -1.98. The fourth-order valence-electron chi connectivity index (χ4n) is 1.44. The Morgan fingerprint density at radius 1 is 1.32 bits per heavy atom. The lowest BCUT2D eigenvalue weighted by Crippen LogP contribution is -2.02. The highest BCUT2D eigenvalue weighted by atomic mass is 16.6. The average molecular weight is 258 g/mol. The first-order valence-electron chi connectivity index (χ1n) is 6.31. The Hall–Kier alpha value is -1.97. The fourth-order valence-corrected chi connectivity index (χ4v) is 1.44. The lowest BCUT2D eigenvalue weighted by molar-refractivity contribution is -0.141. The molecule has 0 amide bonds. The summed E-state index contributed by atoms with van der Waals surface area (Å²) in [4.78, 5) is 10.5. The minimum Gasteiger partial charge on any atom is -0.466 e. The summed E-state index contributed by atoms with van der Waals surface area (Å²) >= 11 is 0. The van der Waals surface area contributed by atoms with Crippen molar-refractivity contribution in [3.05, 3.63) is 24.3 Å². The highest BCUT2D eigenvalue weighted by Crippen LogP contribution is 2.27. The summed E-state index contributed by atoms with van der Waals surface area (Å²) in [5.41, 5.74) is 0. The van der Waals surface area contributed by atoms with E-state index in [1.807, 2.05) is 19.1 Å². The molecule has 1 aliphatic rings. The molecular weight excluding hydrogens is 240 g/mol. The maximum absolute atomic E-state index is 10.5. The van der Waals surface area contributed by atoms with E-state index in [2.05, 4.69) is 23.7 Å². The molecule has 1 rings (SSSR count). The van der Waals surface area contributed by atoms with Crippen LogP contribution in [0.4, 0.5) is 0 Å². The van der Waals surface area contributed by atoms with Crippen molar-refractivity contribution in [2.45, 2.75) is 38.9 Å². The van der Waals surface area contributed by atoms with E-state index in [9.17, 15) is 4.79 Å². The number of epoxide rings is 1. The third-order valence-electron chi connectivity index (χ3n) is 2.39. The van der Waals surface area contributed by atoms with Crippen LogP contribution in [-0.2, 0) is 14.3 Å². The van der Waals surface area contributed by atoms with Crippen LogP contribution in [-0.4, -0.2) is 24.8 Å². The van der Waals surface area contributed by atoms with Crippen molar-refractivity contribution in [2.24, 2.45) is 0 Å². The minimum atomic E-state index is -0.234. The second-order valence-electron chi connectivity index (χ2n) is 4.02. The molecular formula is C16H18O3. The van der Waals surface area contributed by atoms with Gasteiger partial charge in [0.25, 0.3) is 0 Å². The fraction of sp³-hybridized carbons (Fsp3) is 0.438. The summed E-state index contributed by atoms with van der Waals surface area (Å²) in [7, 11) is 0. The number of allylic oxidation sites excluding steroid dienone is 3. The van der Waals surface area contributed by atoms with E-state index in [1.54, 1.807) is 12.2 Å². The third kappa shape index (κ3) is 7.86. The Labute approximate surface area is 114 Å². The molecule has 2 atom stereocenters. The summed E-state index contributed by atoms with van der Waals surface area (Å²) in [6.45, 7) is 3.79. The molecule has 0 N–H and O–H groups in total. The third-order valence-corrected chi connectivity index (χ3v) is 2.39. The number of carbonyl (C=O) groups excluding carboxylic acids is 1. The van der Waals surface area contributed by atoms with Gasteiger partial charge >= 0.3 is 5.97 Å². The first-order valence-corrected chi connectivity index (χ1v) is 6.31. The van der Waals surface area contributed by atoms with Crippen LogP contribution in [0.3, 0.4) is 0 Å². The van der Waals surface area contributed by atoms with Crippen molar-refractivity contribution >= 4 is 5.97 Å². The standard InChI is InChI=1S/C16H18O3/c1-3-4-5-6-7-8-9-11-15-16(19-15)12-10-13-18-14(2)17/h3-4,9,11,15-16H,10,12-13H2,1-2H3/b4-3+,11-9+/t15-,16-/m0/s1. The van der Waals surface area contributed by atoms with Gasteiger partial charge in [0.15, 0.2) is 0 Å². The largest absolute Gasteiger partial charge is 0.466 e. The van der Waals surface area contributed by atoms with Crippen molar-refractivity contribution in [1.82, 2.24) is 0 Å². The SMILES string of the molecule is C/C=C/C#CC#C/C=C/[C@@H]1O[C@H]1CCCOC(C)=O. The topological polar surface area (TPSA) is 38.8 Å². The predicted molar refractivity (Wildman–Crippen MR) is 74.0 cm³/mol. The maximum atomic E-state index is 10.5. The number of hydrogen-bond donors (Lipinski definition) is 0. The van der Waals surface area contributed by atoms with Gasteiger partial charge in [0.2, 0.25) is 0 Å². The van der Waals surface area contributed by atoms with Gasteiger partial charge in [-0.05, 0) is 49.8 Å². The molecule has 0 saturated carbocycles. The van der Waals surface area contributed by atoms with Crippen LogP contribution >= 0.6 is 0 Å². The number of hydrogen-bond acceptors (Lipinski definition) is 3. The van der Waals surface area contributed by atoms with Gasteiger partial charge in [-0.3, -0.25) is 4.79 Å². The van der Waals surface area contributed by atoms with Gasteiger partial charge in [-0.25, -0.2) is 0 Å². The maximum Gasteiger partial charge on any atom is 0.302 e. The van der Waals surface area contributed by atoms with Gasteiger partial charge < -0.3 is 9.47 Å². The highest BCUT2D eigenvalue weighted by molar-refractivity contribution is 5.65. The molecule has 3 nitrogen and oxygen atoms in total. The quantitative estimate of drug-likeness (QED) is 0.328. The molecule has 0 radical (unpaired) electrons. The summed E-state index contributed by atoms with van der Waals surface area (Å²) in [5, 5.41) is 0. The first-order chi connectivity index (χ1) is 9.24. The number of rotatable bonds is 5. The van der Waals surface area contributed by atoms with Crippen LogP contribution in [0, 0.1) is 23.7 Å². The summed E-state index contributed by atoms with van der Waals surface area (Å²) in [6.07, 6.45) is 9.43. The zero-order valence-electron chi connectivity index (χ0n) is 11.3. The van der Waals surface area contributed by atoms with Gasteiger partial charge in [0.05, 0.1) is 12.7 Å². The van der Waals surface area contributed by atoms with Crippen LogP contribution in [0.15, 0.2) is 24.3 Å². The Kier molecular flexibility index (Phi) is 7.17. The smallest absolute Gasteiger partial charge is 0.302 e. The van der Waals surface area contributed by atoms with Crippen molar-refractivity contribution in [3.63, 3.8) is 0 Å². The van der Waals surface area contributed by atoms with Crippen molar-refractivity contribution in [3.8, 4) is 23.7 Å². The lowest BCUT2D eigenvalue weighted by atomic mass is 10.2. The van der Waals surface area contributed by atoms with Crippen molar-refractivity contribution < 1.29 is 14.3 Å². The van der Waals surface area contributed by atoms with Gasteiger partial charge in [-0.15, -0.1) is 0 Å². The number of carbonyl (C=O) groups is 1. The number of ether oxygens (including phenoxy) is 2. The molecule has 0 aromatic rings. The Morgan fingerprint density at radius 2 is 2.05 bits per heavy atom. The minimum absolute atomic E-state index is 0.148. The van der Waals surface area contributed by atoms with Crippen LogP contribution in [0.5, 0.6) is 0 Å². The second kappa shape index (κ2) is 9.03. The molecule has 1 saturated heterocycles. The first kappa shape index (κ1) is 15.1. The zero-order valence-corrected chi connectivity index (χ0v) is 11.3. The summed E-state index contributed by atoms with van der Waals surface area (Å²) in [5.74, 6) is 10.8. The molecule has 1 heterocycles. The molecule has 0 aromatic heterocycles. The molecule has 19 heavy (non-hydrogen) atoms. The molecule has 1 fully saturated rings. The molecule has 3 heteroatoms. The number of esters is 1. The summed E-state index contributed by atoms with van der Waals surface area (Å²) < 4.78 is 10.3. The second-order valence-corrected chi connectivity index (χ2v) is 4.02. The van der Waals surface area contributed by atoms with E-state index >= 15 is 0 Å². The Balaban J connectivity index is 2.10. The van der Waals surface area contributed by atoms with Crippen LogP contribution < -0.4 is 0 Å². The van der Waals surface area contributed by atoms with Crippen molar-refractivity contribution in [2.75, 3.05) is 6.61 Å². The molecule has 100 valence electrons. The molecule has 0 bridgehead atoms. The van der Waals surface area contributed by atoms with E-state index < -0.39 is 0 Å². The molecule has 0 aliphatic carbocycles. The van der Waals surface area contributed by atoms with Crippen LogP contribution in [0.2, 0.25) is 0 Å². The van der Waals surface area contributed by atoms with E-state index in [-0.39, 0.29) is 18.2 Å². The normalized spacial score (nSPS) is 20.5. The van der Waals surface area contributed by atoms with Gasteiger partial charge in [-0.2, -0.15) is 0 Å². The molecule has 0 spiro atoms. The van der Waals surface area contributed by atoms with E-state index in [1.165, 1.54) is 6.92 Å². The van der Waals surface area contributed by atoms with Crippen LogP contribution in [0.25, 0.3) is 0 Å². The predicted octanol–water partition coefficient (Wildman–Crippen LogP) is 2.24. The monoisotopic (exact) mass is 258 g/mol. The Bertz CT molecular complexity index is 466. The van der Waals surface area contributed by atoms with Crippen LogP contribution in [0.1, 0.15) is 26.7 Å². The van der Waals surface area contributed by atoms with Gasteiger partial charge in [0.1, 0.15) is 6.10 Å². The van der Waals surface area contributed by atoms with E-state index in [4.69, 9.17) is 9.47 Å². The summed E-state index contributed by atoms with van der Waals surface area (Å²) in [6, 6.07) is 0. The van der Waals surface area contributed by atoms with E-state index in [0.717, 1.165) is 12.8 Å². The van der Waals surface area contributed by atoms with Crippen molar-refractivity contribution in [1.29, 1.82) is 0 Å². The molecule has 0 aromatic carbocycles. The van der Waals surface area contributed by atoms with E-state index in [0.29, 0.717) is 6.61 Å². The average Bonchev–Trinajstić information content (AvgIpc) is 3.12. The highest BCUT2D eigenvalue weighted by Gasteiger charge is 2.35. The van der Waals surface area contributed by atoms with Gasteiger partial charge in [0, 0.05) is 6.92 Å². The van der Waals surface area contributed by atoms with Gasteiger partial charge in [-0.1, -0.05) is 17.9 Å². The molecule has 1 aliphatic heterocycles. The molecule has 0 unspecified atom stereocenters. The zero-order chi connectivity index (χ0) is 13.9. The Morgan fingerprint density at radius 3 is 2.74 bits per heavy atom.